The Kier molecular flexibility index (Phi) is 7.26. The molecule has 0 spiro atoms. The monoisotopic (exact) mass is 471 g/mol. The van der Waals surface area contributed by atoms with E-state index >= 15 is 0 Å². The molecule has 182 valence electrons. The van der Waals surface area contributed by atoms with Crippen LogP contribution in [0.25, 0.3) is 10.9 Å². The predicted molar refractivity (Wildman–Crippen MR) is 136 cm³/mol. The van der Waals surface area contributed by atoms with Gasteiger partial charge in [0.2, 0.25) is 5.91 Å². The molecule has 1 aromatic heterocycles. The summed E-state index contributed by atoms with van der Waals surface area (Å²) in [5.74, 6) is 1.37. The molecule has 1 unspecified atom stereocenters. The van der Waals surface area contributed by atoms with Gasteiger partial charge in [-0.25, -0.2) is 0 Å². The van der Waals surface area contributed by atoms with Gasteiger partial charge in [0.05, 0.1) is 17.6 Å². The molecule has 2 aromatic carbocycles. The van der Waals surface area contributed by atoms with E-state index in [1.165, 1.54) is 10.9 Å². The van der Waals surface area contributed by atoms with Crippen molar-refractivity contribution in [3.05, 3.63) is 71.9 Å². The van der Waals surface area contributed by atoms with Crippen LogP contribution in [0.1, 0.15) is 48.0 Å². The highest BCUT2D eigenvalue weighted by Gasteiger charge is 2.24. The van der Waals surface area contributed by atoms with Crippen LogP contribution in [0.15, 0.2) is 60.8 Å². The fourth-order valence-electron chi connectivity index (χ4n) is 5.28. The van der Waals surface area contributed by atoms with Crippen molar-refractivity contribution in [2.24, 2.45) is 5.92 Å². The second kappa shape index (κ2) is 10.9. The molecule has 1 atom stereocenters. The molecule has 6 nitrogen and oxygen atoms in total. The van der Waals surface area contributed by atoms with Crippen LogP contribution in [0.4, 0.5) is 0 Å². The normalized spacial score (nSPS) is 18.6. The molecule has 2 aliphatic heterocycles. The molecule has 0 N–H and O–H groups in total. The number of fused-ring (bicyclic) bond motifs is 1. The lowest BCUT2D eigenvalue weighted by atomic mass is 9.93. The zero-order valence-electron chi connectivity index (χ0n) is 20.2. The van der Waals surface area contributed by atoms with E-state index in [1.54, 1.807) is 0 Å². The molecule has 3 heterocycles. The molecule has 6 heteroatoms. The number of para-hydroxylation sites is 2. The van der Waals surface area contributed by atoms with E-state index in [0.29, 0.717) is 36.8 Å². The van der Waals surface area contributed by atoms with Gasteiger partial charge in [-0.3, -0.25) is 14.6 Å². The van der Waals surface area contributed by atoms with Crippen LogP contribution in [0, 0.1) is 5.92 Å². The maximum atomic E-state index is 13.4. The number of benzene rings is 2. The summed E-state index contributed by atoms with van der Waals surface area (Å²) in [6.45, 7) is 3.28. The van der Waals surface area contributed by atoms with Crippen LogP contribution in [0.2, 0.25) is 0 Å². The first-order valence-electron chi connectivity index (χ1n) is 12.8. The molecule has 5 rings (SSSR count). The Morgan fingerprint density at radius 1 is 1.00 bits per heavy atom. The predicted octanol–water partition coefficient (Wildman–Crippen LogP) is 4.72. The Morgan fingerprint density at radius 2 is 1.86 bits per heavy atom. The standard InChI is InChI=1S/C29H33N3O3/c33-28-12-6-14-31(28)17-18-35-27-11-4-2-9-25(27)29(34)32-15-5-7-22(13-16-32)19-23-20-24-8-1-3-10-26(24)30-21-23/h1-4,8-11,20-22H,5-7,12-19H2. The number of pyridine rings is 1. The minimum absolute atomic E-state index is 0.0332. The fourth-order valence-corrected chi connectivity index (χ4v) is 5.28. The topological polar surface area (TPSA) is 62.7 Å². The van der Waals surface area contributed by atoms with Crippen LogP contribution in [0.3, 0.4) is 0 Å². The van der Waals surface area contributed by atoms with Crippen LogP contribution in [0.5, 0.6) is 5.75 Å². The quantitative estimate of drug-likeness (QED) is 0.500. The maximum Gasteiger partial charge on any atom is 0.257 e. The van der Waals surface area contributed by atoms with Gasteiger partial charge in [-0.05, 0) is 67.9 Å². The summed E-state index contributed by atoms with van der Waals surface area (Å²) in [4.78, 5) is 33.7. The smallest absolute Gasteiger partial charge is 0.257 e. The second-order valence-electron chi connectivity index (χ2n) is 9.66. The third-order valence-corrected chi connectivity index (χ3v) is 7.21. The summed E-state index contributed by atoms with van der Waals surface area (Å²) in [6.07, 6.45) is 7.63. The molecule has 0 bridgehead atoms. The largest absolute Gasteiger partial charge is 0.491 e. The molecule has 2 saturated heterocycles. The summed E-state index contributed by atoms with van der Waals surface area (Å²) in [7, 11) is 0. The molecule has 35 heavy (non-hydrogen) atoms. The molecular formula is C29H33N3O3. The molecule has 0 saturated carbocycles. The van der Waals surface area contributed by atoms with Crippen LogP contribution in [-0.2, 0) is 11.2 Å². The number of amides is 2. The molecule has 2 fully saturated rings. The second-order valence-corrected chi connectivity index (χ2v) is 9.66. The average Bonchev–Trinajstić information content (AvgIpc) is 3.15. The van der Waals surface area contributed by atoms with Gasteiger partial charge >= 0.3 is 0 Å². The Balaban J connectivity index is 1.18. The highest BCUT2D eigenvalue weighted by atomic mass is 16.5. The van der Waals surface area contributed by atoms with Gasteiger partial charge < -0.3 is 14.5 Å². The van der Waals surface area contributed by atoms with E-state index in [2.05, 4.69) is 23.2 Å². The van der Waals surface area contributed by atoms with E-state index in [-0.39, 0.29) is 11.8 Å². The number of hydrogen-bond acceptors (Lipinski definition) is 4. The number of likely N-dealkylation sites (tertiary alicyclic amines) is 2. The third-order valence-electron chi connectivity index (χ3n) is 7.21. The molecule has 2 amide bonds. The van der Waals surface area contributed by atoms with E-state index in [9.17, 15) is 9.59 Å². The van der Waals surface area contributed by atoms with E-state index in [4.69, 9.17) is 4.74 Å². The maximum absolute atomic E-state index is 13.4. The molecule has 0 aliphatic carbocycles. The van der Waals surface area contributed by atoms with Crippen LogP contribution < -0.4 is 4.74 Å². The third kappa shape index (κ3) is 5.64. The van der Waals surface area contributed by atoms with Gasteiger partial charge in [-0.1, -0.05) is 30.3 Å². The number of aromatic nitrogens is 1. The lowest BCUT2D eigenvalue weighted by Crippen LogP contribution is -2.33. The first kappa shape index (κ1) is 23.3. The van der Waals surface area contributed by atoms with Crippen molar-refractivity contribution in [1.82, 2.24) is 14.8 Å². The van der Waals surface area contributed by atoms with Gasteiger partial charge in [-0.15, -0.1) is 0 Å². The SMILES string of the molecule is O=C1CCCN1CCOc1ccccc1C(=O)N1CCCC(Cc2cnc3ccccc3c2)CC1. The summed E-state index contributed by atoms with van der Waals surface area (Å²) < 4.78 is 5.98. The van der Waals surface area contributed by atoms with Crippen LogP contribution >= 0.6 is 0 Å². The Morgan fingerprint density at radius 3 is 2.74 bits per heavy atom. The van der Waals surface area contributed by atoms with E-state index < -0.39 is 0 Å². The first-order valence-corrected chi connectivity index (χ1v) is 12.8. The number of carbonyl (C=O) groups is 2. The van der Waals surface area contributed by atoms with Crippen molar-refractivity contribution in [3.63, 3.8) is 0 Å². The van der Waals surface area contributed by atoms with Gasteiger partial charge in [0.25, 0.3) is 5.91 Å². The van der Waals surface area contributed by atoms with Crippen molar-refractivity contribution < 1.29 is 14.3 Å². The van der Waals surface area contributed by atoms with Gasteiger partial charge in [0.1, 0.15) is 12.4 Å². The summed E-state index contributed by atoms with van der Waals surface area (Å²) >= 11 is 0. The van der Waals surface area contributed by atoms with E-state index in [1.807, 2.05) is 52.4 Å². The van der Waals surface area contributed by atoms with Crippen molar-refractivity contribution >= 4 is 22.7 Å². The van der Waals surface area contributed by atoms with Crippen molar-refractivity contribution in [2.75, 3.05) is 32.8 Å². The minimum atomic E-state index is 0.0332. The van der Waals surface area contributed by atoms with Gasteiger partial charge in [-0.2, -0.15) is 0 Å². The molecular weight excluding hydrogens is 438 g/mol. The van der Waals surface area contributed by atoms with Crippen molar-refractivity contribution in [3.8, 4) is 5.75 Å². The Bertz CT molecular complexity index is 1190. The summed E-state index contributed by atoms with van der Waals surface area (Å²) in [5, 5.41) is 1.18. The van der Waals surface area contributed by atoms with Crippen LogP contribution in [-0.4, -0.2) is 59.4 Å². The zero-order chi connectivity index (χ0) is 24.0. The minimum Gasteiger partial charge on any atom is -0.491 e. The Hall–Kier alpha value is -3.41. The zero-order valence-corrected chi connectivity index (χ0v) is 20.2. The van der Waals surface area contributed by atoms with Gasteiger partial charge in [0.15, 0.2) is 0 Å². The fraction of sp³-hybridized carbons (Fsp3) is 0.414. The summed E-state index contributed by atoms with van der Waals surface area (Å²) in [6, 6.07) is 18.0. The lowest BCUT2D eigenvalue weighted by Gasteiger charge is -2.22. The average molecular weight is 472 g/mol. The van der Waals surface area contributed by atoms with Crippen molar-refractivity contribution in [1.29, 1.82) is 0 Å². The first-order chi connectivity index (χ1) is 17.2. The lowest BCUT2D eigenvalue weighted by molar-refractivity contribution is -0.128. The number of ether oxygens (including phenoxy) is 1. The van der Waals surface area contributed by atoms with Gasteiger partial charge in [0, 0.05) is 37.6 Å². The highest BCUT2D eigenvalue weighted by Crippen LogP contribution is 2.26. The van der Waals surface area contributed by atoms with Crippen molar-refractivity contribution in [2.45, 2.75) is 38.5 Å². The molecule has 2 aliphatic rings. The number of hydrogen-bond donors (Lipinski definition) is 0. The van der Waals surface area contributed by atoms with E-state index in [0.717, 1.165) is 57.3 Å². The number of nitrogens with zero attached hydrogens (tertiary/aromatic N) is 3. The highest BCUT2D eigenvalue weighted by molar-refractivity contribution is 5.97. The molecule has 0 radical (unpaired) electrons. The number of carbonyl (C=O) groups excluding carboxylic acids is 2. The Labute approximate surface area is 206 Å². The molecule has 3 aromatic rings. The summed E-state index contributed by atoms with van der Waals surface area (Å²) in [5.41, 5.74) is 2.91. The number of rotatable bonds is 7.